The summed E-state index contributed by atoms with van der Waals surface area (Å²) in [6.07, 6.45) is -0.583. The molecule has 32 heavy (non-hydrogen) atoms. The van der Waals surface area contributed by atoms with Crippen molar-refractivity contribution in [3.05, 3.63) is 125 Å². The Hall–Kier alpha value is -4.18. The van der Waals surface area contributed by atoms with Crippen molar-refractivity contribution in [3.63, 3.8) is 0 Å². The lowest BCUT2D eigenvalue weighted by Gasteiger charge is -2.15. The van der Waals surface area contributed by atoms with Crippen LogP contribution >= 0.6 is 0 Å². The first-order valence-corrected chi connectivity index (χ1v) is 10.5. The van der Waals surface area contributed by atoms with E-state index in [0.29, 0.717) is 16.8 Å². The average Bonchev–Trinajstić information content (AvgIpc) is 3.17. The molecule has 0 radical (unpaired) electrons. The van der Waals surface area contributed by atoms with Crippen LogP contribution in [-0.4, -0.2) is 18.5 Å². The summed E-state index contributed by atoms with van der Waals surface area (Å²) in [6.45, 7) is 0.217. The van der Waals surface area contributed by atoms with Gasteiger partial charge in [0.2, 0.25) is 0 Å². The summed E-state index contributed by atoms with van der Waals surface area (Å²) in [5.74, 6) is -0.172. The topological polar surface area (TPSA) is 55.4 Å². The Kier molecular flexibility index (Phi) is 5.26. The SMILES string of the molecule is O=C(Nc1ccccc1C(=O)c1ccccc1)OCC1c2ccccc2-c2ccccc21. The number of para-hydroxylation sites is 1. The van der Waals surface area contributed by atoms with Gasteiger partial charge in [-0.1, -0.05) is 91.0 Å². The van der Waals surface area contributed by atoms with E-state index in [2.05, 4.69) is 29.6 Å². The Balaban J connectivity index is 1.32. The molecule has 4 nitrogen and oxygen atoms in total. The second-order valence-corrected chi connectivity index (χ2v) is 7.69. The summed E-state index contributed by atoms with van der Waals surface area (Å²) in [4.78, 5) is 25.6. The minimum atomic E-state index is -0.583. The molecule has 1 aliphatic rings. The van der Waals surface area contributed by atoms with Crippen LogP contribution in [0.4, 0.5) is 10.5 Å². The number of ketones is 1. The molecule has 0 saturated carbocycles. The van der Waals surface area contributed by atoms with Crippen molar-refractivity contribution in [2.75, 3.05) is 11.9 Å². The van der Waals surface area contributed by atoms with Gasteiger partial charge in [0.05, 0.1) is 5.69 Å². The van der Waals surface area contributed by atoms with E-state index in [9.17, 15) is 9.59 Å². The molecule has 5 rings (SSSR count). The van der Waals surface area contributed by atoms with Crippen LogP contribution in [0, 0.1) is 0 Å². The fourth-order valence-corrected chi connectivity index (χ4v) is 4.28. The number of ether oxygens (including phenoxy) is 1. The zero-order valence-corrected chi connectivity index (χ0v) is 17.3. The van der Waals surface area contributed by atoms with E-state index in [0.717, 1.165) is 11.1 Å². The van der Waals surface area contributed by atoms with Crippen LogP contribution in [-0.2, 0) is 4.74 Å². The molecule has 0 aliphatic heterocycles. The van der Waals surface area contributed by atoms with Gasteiger partial charge in [-0.15, -0.1) is 0 Å². The summed E-state index contributed by atoms with van der Waals surface area (Å²) in [5.41, 5.74) is 6.08. The predicted octanol–water partition coefficient (Wildman–Crippen LogP) is 6.28. The smallest absolute Gasteiger partial charge is 0.411 e. The first kappa shape index (κ1) is 19.8. The zero-order chi connectivity index (χ0) is 21.9. The van der Waals surface area contributed by atoms with Crippen molar-refractivity contribution in [3.8, 4) is 11.1 Å². The van der Waals surface area contributed by atoms with Crippen molar-refractivity contribution < 1.29 is 14.3 Å². The molecule has 0 aromatic heterocycles. The zero-order valence-electron chi connectivity index (χ0n) is 17.3. The van der Waals surface area contributed by atoms with Crippen LogP contribution in [0.1, 0.15) is 33.0 Å². The van der Waals surface area contributed by atoms with Crippen LogP contribution in [0.2, 0.25) is 0 Å². The molecule has 1 N–H and O–H groups in total. The molecule has 0 heterocycles. The molecular weight excluding hydrogens is 398 g/mol. The minimum Gasteiger partial charge on any atom is -0.448 e. The minimum absolute atomic E-state index is 0.0191. The van der Waals surface area contributed by atoms with E-state index in [1.54, 1.807) is 36.4 Å². The highest BCUT2D eigenvalue weighted by Gasteiger charge is 2.29. The van der Waals surface area contributed by atoms with Gasteiger partial charge in [0, 0.05) is 17.0 Å². The van der Waals surface area contributed by atoms with Crippen LogP contribution in [0.5, 0.6) is 0 Å². The van der Waals surface area contributed by atoms with Crippen LogP contribution in [0.15, 0.2) is 103 Å². The van der Waals surface area contributed by atoms with Gasteiger partial charge >= 0.3 is 6.09 Å². The van der Waals surface area contributed by atoms with E-state index < -0.39 is 6.09 Å². The number of amides is 1. The molecule has 0 fully saturated rings. The van der Waals surface area contributed by atoms with Gasteiger partial charge in [0.25, 0.3) is 0 Å². The summed E-state index contributed by atoms with van der Waals surface area (Å²) in [5, 5.41) is 2.75. The number of benzene rings is 4. The molecule has 0 bridgehead atoms. The standard InChI is InChI=1S/C28H21NO3/c30-27(19-10-2-1-3-11-19)24-16-8-9-17-26(24)29-28(31)32-18-25-22-14-6-4-12-20(22)21-13-5-7-15-23(21)25/h1-17,25H,18H2,(H,29,31). The molecule has 0 unspecified atom stereocenters. The van der Waals surface area contributed by atoms with Gasteiger partial charge < -0.3 is 4.74 Å². The molecule has 4 aromatic carbocycles. The molecule has 0 atom stereocenters. The quantitative estimate of drug-likeness (QED) is 0.387. The van der Waals surface area contributed by atoms with E-state index in [1.165, 1.54) is 11.1 Å². The van der Waals surface area contributed by atoms with Gasteiger partial charge in [-0.25, -0.2) is 4.79 Å². The van der Waals surface area contributed by atoms with E-state index in [1.807, 2.05) is 42.5 Å². The number of fused-ring (bicyclic) bond motifs is 3. The molecule has 0 saturated heterocycles. The Labute approximate surface area is 186 Å². The second-order valence-electron chi connectivity index (χ2n) is 7.69. The van der Waals surface area contributed by atoms with Crippen LogP contribution in [0.25, 0.3) is 11.1 Å². The van der Waals surface area contributed by atoms with Crippen LogP contribution < -0.4 is 5.32 Å². The third kappa shape index (κ3) is 3.67. The molecular formula is C28H21NO3. The van der Waals surface area contributed by atoms with Gasteiger partial charge in [-0.3, -0.25) is 10.1 Å². The fraction of sp³-hybridized carbons (Fsp3) is 0.0714. The maximum atomic E-state index is 12.9. The largest absolute Gasteiger partial charge is 0.448 e. The van der Waals surface area contributed by atoms with E-state index >= 15 is 0 Å². The lowest BCUT2D eigenvalue weighted by molar-refractivity contribution is 0.103. The third-order valence-corrected chi connectivity index (χ3v) is 5.79. The fourth-order valence-electron chi connectivity index (χ4n) is 4.28. The first-order valence-electron chi connectivity index (χ1n) is 10.5. The van der Waals surface area contributed by atoms with E-state index in [-0.39, 0.29) is 18.3 Å². The number of hydrogen-bond acceptors (Lipinski definition) is 3. The lowest BCUT2D eigenvalue weighted by Crippen LogP contribution is -2.19. The number of anilines is 1. The maximum Gasteiger partial charge on any atom is 0.411 e. The molecule has 4 heteroatoms. The number of hydrogen-bond donors (Lipinski definition) is 1. The van der Waals surface area contributed by atoms with Gasteiger partial charge in [-0.05, 0) is 34.4 Å². The molecule has 1 aliphatic carbocycles. The van der Waals surface area contributed by atoms with Crippen molar-refractivity contribution in [1.29, 1.82) is 0 Å². The highest BCUT2D eigenvalue weighted by Crippen LogP contribution is 2.44. The molecule has 0 spiro atoms. The van der Waals surface area contributed by atoms with Gasteiger partial charge in [0.1, 0.15) is 6.61 Å². The normalized spacial score (nSPS) is 12.0. The molecule has 1 amide bonds. The summed E-state index contributed by atoms with van der Waals surface area (Å²) < 4.78 is 5.62. The van der Waals surface area contributed by atoms with Gasteiger partial charge in [-0.2, -0.15) is 0 Å². The molecule has 4 aromatic rings. The van der Waals surface area contributed by atoms with Crippen molar-refractivity contribution >= 4 is 17.6 Å². The van der Waals surface area contributed by atoms with Crippen molar-refractivity contribution in [2.24, 2.45) is 0 Å². The number of carbonyl (C=O) groups is 2. The lowest BCUT2D eigenvalue weighted by atomic mass is 9.98. The Bertz CT molecular complexity index is 1250. The summed E-state index contributed by atoms with van der Waals surface area (Å²) in [6, 6.07) is 32.4. The summed E-state index contributed by atoms with van der Waals surface area (Å²) >= 11 is 0. The Morgan fingerprint density at radius 1 is 0.688 bits per heavy atom. The van der Waals surface area contributed by atoms with Gasteiger partial charge in [0.15, 0.2) is 5.78 Å². The first-order chi connectivity index (χ1) is 15.7. The Morgan fingerprint density at radius 2 is 1.25 bits per heavy atom. The maximum absolute atomic E-state index is 12.9. The average molecular weight is 419 g/mol. The number of nitrogens with one attached hydrogen (secondary N) is 1. The Morgan fingerprint density at radius 3 is 1.94 bits per heavy atom. The third-order valence-electron chi connectivity index (χ3n) is 5.79. The number of rotatable bonds is 5. The second kappa shape index (κ2) is 8.52. The summed E-state index contributed by atoms with van der Waals surface area (Å²) in [7, 11) is 0. The molecule has 156 valence electrons. The highest BCUT2D eigenvalue weighted by atomic mass is 16.5. The predicted molar refractivity (Wildman–Crippen MR) is 125 cm³/mol. The van der Waals surface area contributed by atoms with Crippen LogP contribution in [0.3, 0.4) is 0 Å². The highest BCUT2D eigenvalue weighted by molar-refractivity contribution is 6.13. The number of carbonyl (C=O) groups excluding carboxylic acids is 2. The van der Waals surface area contributed by atoms with Crippen molar-refractivity contribution in [1.82, 2.24) is 0 Å². The van der Waals surface area contributed by atoms with E-state index in [4.69, 9.17) is 4.74 Å². The van der Waals surface area contributed by atoms with Crippen molar-refractivity contribution in [2.45, 2.75) is 5.92 Å². The monoisotopic (exact) mass is 419 g/mol.